The number of phenolic OH excluding ortho intramolecular Hbond substituents is 1. The van der Waals surface area contributed by atoms with Crippen molar-refractivity contribution in [1.82, 2.24) is 0 Å². The van der Waals surface area contributed by atoms with Crippen LogP contribution in [-0.2, 0) is 0 Å². The summed E-state index contributed by atoms with van der Waals surface area (Å²) in [5.41, 5.74) is 1.03. The third-order valence-electron chi connectivity index (χ3n) is 4.43. The zero-order valence-electron chi connectivity index (χ0n) is 15.8. The first kappa shape index (κ1) is 21.3. The number of carbonyl (C=O) groups is 1. The summed E-state index contributed by atoms with van der Waals surface area (Å²) < 4.78 is 10.4. The molecule has 25 heavy (non-hydrogen) atoms. The number of Topliss-reactive ketones (excluding diaryl/α,β-unsaturated/α-hetero) is 1. The van der Waals surface area contributed by atoms with Crippen molar-refractivity contribution in [2.24, 2.45) is 0 Å². The van der Waals surface area contributed by atoms with Crippen molar-refractivity contribution >= 4 is 5.78 Å². The Balaban J connectivity index is 2.45. The number of ketones is 1. The van der Waals surface area contributed by atoms with Crippen LogP contribution in [0.5, 0.6) is 17.2 Å². The Morgan fingerprint density at radius 1 is 0.960 bits per heavy atom. The monoisotopic (exact) mass is 352 g/mol. The van der Waals surface area contributed by atoms with Gasteiger partial charge >= 0.3 is 0 Å². The van der Waals surface area contributed by atoms with E-state index in [2.05, 4.69) is 0 Å². The van der Waals surface area contributed by atoms with E-state index in [9.17, 15) is 9.90 Å². The zero-order chi connectivity index (χ0) is 18.7. The predicted octanol–water partition coefficient (Wildman–Crippen LogP) is 4.40. The maximum absolute atomic E-state index is 12.5. The van der Waals surface area contributed by atoms with Crippen LogP contribution in [0.15, 0.2) is 6.07 Å². The molecule has 142 valence electrons. The first-order chi connectivity index (χ1) is 12.1. The van der Waals surface area contributed by atoms with E-state index in [-0.39, 0.29) is 23.9 Å². The van der Waals surface area contributed by atoms with Gasteiger partial charge in [-0.15, -0.1) is 0 Å². The van der Waals surface area contributed by atoms with Crippen LogP contribution < -0.4 is 9.47 Å². The van der Waals surface area contributed by atoms with Gasteiger partial charge in [0.15, 0.2) is 17.3 Å². The maximum Gasteiger partial charge on any atom is 0.203 e. The molecule has 0 fully saturated rings. The van der Waals surface area contributed by atoms with Crippen molar-refractivity contribution in [3.63, 3.8) is 0 Å². The summed E-state index contributed by atoms with van der Waals surface area (Å²) in [7, 11) is 2.95. The average molecular weight is 352 g/mol. The lowest BCUT2D eigenvalue weighted by Crippen LogP contribution is -2.05. The van der Waals surface area contributed by atoms with Crippen molar-refractivity contribution in [3.05, 3.63) is 17.2 Å². The summed E-state index contributed by atoms with van der Waals surface area (Å²) in [5.74, 6) is 0.446. The smallest absolute Gasteiger partial charge is 0.203 e. The van der Waals surface area contributed by atoms with Gasteiger partial charge in [-0.05, 0) is 31.4 Å². The number of hydrogen-bond donors (Lipinski definition) is 2. The second-order valence-electron chi connectivity index (χ2n) is 6.38. The molecule has 1 rings (SSSR count). The molecular weight excluding hydrogens is 320 g/mol. The van der Waals surface area contributed by atoms with Crippen LogP contribution >= 0.6 is 0 Å². The molecule has 0 aromatic heterocycles. The number of phenols is 1. The third-order valence-corrected chi connectivity index (χ3v) is 4.43. The number of unbranched alkanes of at least 4 members (excludes halogenated alkanes) is 7. The van der Waals surface area contributed by atoms with Crippen molar-refractivity contribution in [3.8, 4) is 17.2 Å². The minimum atomic E-state index is -0.131. The molecule has 0 bridgehead atoms. The summed E-state index contributed by atoms with van der Waals surface area (Å²) in [6.07, 6.45) is 8.87. The number of methoxy groups -OCH3 is 2. The Kier molecular flexibility index (Phi) is 10.0. The molecule has 5 nitrogen and oxygen atoms in total. The molecule has 0 unspecified atom stereocenters. The van der Waals surface area contributed by atoms with Gasteiger partial charge in [0.1, 0.15) is 0 Å². The standard InChI is InChI=1S/C20H32O5/c1-15-14-17(24-2)20(25-3)19(23)18(15)16(22)12-10-8-6-4-5-7-9-11-13-21/h14,21,23H,4-13H2,1-3H3. The van der Waals surface area contributed by atoms with Crippen LogP contribution in [0.2, 0.25) is 0 Å². The zero-order valence-corrected chi connectivity index (χ0v) is 15.8. The van der Waals surface area contributed by atoms with Crippen molar-refractivity contribution in [2.45, 2.75) is 64.7 Å². The number of aryl methyl sites for hydroxylation is 1. The predicted molar refractivity (Wildman–Crippen MR) is 98.9 cm³/mol. The molecule has 2 N–H and O–H groups in total. The number of ether oxygens (including phenoxy) is 2. The highest BCUT2D eigenvalue weighted by atomic mass is 16.5. The first-order valence-corrected chi connectivity index (χ1v) is 9.15. The Morgan fingerprint density at radius 3 is 2.04 bits per heavy atom. The molecule has 0 saturated carbocycles. The fraction of sp³-hybridized carbons (Fsp3) is 0.650. The van der Waals surface area contributed by atoms with E-state index in [0.29, 0.717) is 23.3 Å². The molecule has 0 saturated heterocycles. The Bertz CT molecular complexity index is 539. The molecular formula is C20H32O5. The van der Waals surface area contributed by atoms with Crippen LogP contribution in [0.25, 0.3) is 0 Å². The maximum atomic E-state index is 12.5. The Morgan fingerprint density at radius 2 is 1.52 bits per heavy atom. The Hall–Kier alpha value is -1.75. The van der Waals surface area contributed by atoms with E-state index in [1.54, 1.807) is 13.0 Å². The lowest BCUT2D eigenvalue weighted by Gasteiger charge is -2.15. The van der Waals surface area contributed by atoms with Gasteiger partial charge in [0.25, 0.3) is 0 Å². The lowest BCUT2D eigenvalue weighted by atomic mass is 9.97. The second-order valence-corrected chi connectivity index (χ2v) is 6.38. The number of benzene rings is 1. The lowest BCUT2D eigenvalue weighted by molar-refractivity contribution is 0.0975. The number of carbonyl (C=O) groups excluding carboxylic acids is 1. The number of hydrogen-bond acceptors (Lipinski definition) is 5. The fourth-order valence-corrected chi connectivity index (χ4v) is 3.04. The van der Waals surface area contributed by atoms with E-state index >= 15 is 0 Å². The van der Waals surface area contributed by atoms with E-state index in [0.717, 1.165) is 38.5 Å². The van der Waals surface area contributed by atoms with Gasteiger partial charge in [-0.2, -0.15) is 0 Å². The molecule has 0 heterocycles. The number of aromatic hydroxyl groups is 1. The molecule has 0 aliphatic rings. The van der Waals surface area contributed by atoms with Gasteiger partial charge in [-0.25, -0.2) is 0 Å². The summed E-state index contributed by atoms with van der Waals surface area (Å²) in [6, 6.07) is 1.72. The highest BCUT2D eigenvalue weighted by Crippen LogP contribution is 2.41. The molecule has 0 aliphatic carbocycles. The minimum Gasteiger partial charge on any atom is -0.504 e. The van der Waals surface area contributed by atoms with Gasteiger partial charge in [0, 0.05) is 13.0 Å². The van der Waals surface area contributed by atoms with Gasteiger partial charge in [-0.1, -0.05) is 38.5 Å². The van der Waals surface area contributed by atoms with E-state index in [1.165, 1.54) is 27.1 Å². The van der Waals surface area contributed by atoms with E-state index < -0.39 is 0 Å². The molecule has 1 aromatic rings. The number of aliphatic hydroxyl groups excluding tert-OH is 1. The first-order valence-electron chi connectivity index (χ1n) is 9.15. The molecule has 0 amide bonds. The summed E-state index contributed by atoms with van der Waals surface area (Å²) in [5, 5.41) is 19.1. The summed E-state index contributed by atoms with van der Waals surface area (Å²) in [6.45, 7) is 2.08. The number of rotatable bonds is 13. The fourth-order valence-electron chi connectivity index (χ4n) is 3.04. The molecule has 5 heteroatoms. The second kappa shape index (κ2) is 11.7. The highest BCUT2D eigenvalue weighted by Gasteiger charge is 2.21. The van der Waals surface area contributed by atoms with Crippen molar-refractivity contribution in [1.29, 1.82) is 0 Å². The van der Waals surface area contributed by atoms with Gasteiger partial charge in [-0.3, -0.25) is 4.79 Å². The van der Waals surface area contributed by atoms with Crippen LogP contribution in [-0.4, -0.2) is 36.8 Å². The van der Waals surface area contributed by atoms with Gasteiger partial charge in [0.2, 0.25) is 5.75 Å². The van der Waals surface area contributed by atoms with Crippen LogP contribution in [0.1, 0.15) is 73.7 Å². The normalized spacial score (nSPS) is 10.7. The largest absolute Gasteiger partial charge is 0.504 e. The van der Waals surface area contributed by atoms with Crippen LogP contribution in [0, 0.1) is 6.92 Å². The quantitative estimate of drug-likeness (QED) is 0.406. The van der Waals surface area contributed by atoms with Crippen molar-refractivity contribution in [2.75, 3.05) is 20.8 Å². The Labute approximate surface area is 151 Å². The SMILES string of the molecule is COc1cc(C)c(C(=O)CCCCCCCCCCO)c(O)c1OC. The van der Waals surface area contributed by atoms with Gasteiger partial charge in [0.05, 0.1) is 19.8 Å². The molecule has 0 atom stereocenters. The van der Waals surface area contributed by atoms with Crippen LogP contribution in [0.4, 0.5) is 0 Å². The van der Waals surface area contributed by atoms with Gasteiger partial charge < -0.3 is 19.7 Å². The third kappa shape index (κ3) is 6.58. The molecule has 0 spiro atoms. The van der Waals surface area contributed by atoms with E-state index in [4.69, 9.17) is 14.6 Å². The molecule has 0 radical (unpaired) electrons. The topological polar surface area (TPSA) is 76.0 Å². The number of aliphatic hydroxyl groups is 1. The van der Waals surface area contributed by atoms with Crippen LogP contribution in [0.3, 0.4) is 0 Å². The van der Waals surface area contributed by atoms with E-state index in [1.807, 2.05) is 0 Å². The minimum absolute atomic E-state index is 0.0566. The summed E-state index contributed by atoms with van der Waals surface area (Å²) >= 11 is 0. The molecule has 1 aromatic carbocycles. The summed E-state index contributed by atoms with van der Waals surface area (Å²) in [4.78, 5) is 12.5. The highest BCUT2D eigenvalue weighted by molar-refractivity contribution is 6.01. The average Bonchev–Trinajstić information content (AvgIpc) is 2.59. The molecule has 0 aliphatic heterocycles. The van der Waals surface area contributed by atoms with Crippen molar-refractivity contribution < 1.29 is 24.5 Å².